The first-order valence-electron chi connectivity index (χ1n) is 16.8. The first-order valence-corrected chi connectivity index (χ1v) is 24.2. The van der Waals surface area contributed by atoms with Gasteiger partial charge in [0, 0.05) is 31.7 Å². The normalized spacial score (nSPS) is 11.4. The van der Waals surface area contributed by atoms with Gasteiger partial charge in [0.2, 0.25) is 0 Å². The van der Waals surface area contributed by atoms with Crippen LogP contribution in [0.15, 0.2) is 108 Å². The predicted octanol–water partition coefficient (Wildman–Crippen LogP) is 11.3. The van der Waals surface area contributed by atoms with Gasteiger partial charge in [-0.1, -0.05) is 60.3 Å². The minimum atomic E-state index is -1.86. The number of rotatable bonds is 6. The predicted molar refractivity (Wildman–Crippen MR) is 205 cm³/mol. The average molecular weight is 882 g/mol. The van der Waals surface area contributed by atoms with Crippen molar-refractivity contribution in [2.24, 2.45) is 5.92 Å². The topological polar surface area (TPSA) is 38.9 Å². The number of fused-ring (bicyclic) bond motifs is 3. The van der Waals surface area contributed by atoms with Crippen molar-refractivity contribution < 1.29 is 24.5 Å². The van der Waals surface area contributed by atoms with E-state index in [1.54, 1.807) is 10.6 Å². The van der Waals surface area contributed by atoms with Crippen molar-refractivity contribution >= 4 is 39.6 Å². The van der Waals surface area contributed by atoms with E-state index in [0.717, 1.165) is 56.4 Å². The fraction of sp³-hybridized carbons (Fsp3) is 0.227. The maximum absolute atomic E-state index is 6.39. The van der Waals surface area contributed by atoms with Crippen LogP contribution in [0.4, 0.5) is 0 Å². The summed E-state index contributed by atoms with van der Waals surface area (Å²) in [6, 6.07) is 37.9. The van der Waals surface area contributed by atoms with Gasteiger partial charge in [0.05, 0.1) is 5.58 Å². The van der Waals surface area contributed by atoms with Crippen molar-refractivity contribution in [1.29, 1.82) is 0 Å². The van der Waals surface area contributed by atoms with Gasteiger partial charge in [0.25, 0.3) is 0 Å². The second kappa shape index (κ2) is 15.4. The fourth-order valence-electron chi connectivity index (χ4n) is 6.59. The minimum absolute atomic E-state index is 0. The number of aromatic nitrogens is 2. The molecule has 0 unspecified atom stereocenters. The van der Waals surface area contributed by atoms with E-state index in [9.17, 15) is 0 Å². The number of benzene rings is 4. The van der Waals surface area contributed by atoms with Gasteiger partial charge in [-0.15, -0.1) is 17.7 Å². The summed E-state index contributed by atoms with van der Waals surface area (Å²) in [7, 11) is 0. The van der Waals surface area contributed by atoms with Gasteiger partial charge in [-0.05, 0) is 53.9 Å². The third-order valence-corrected chi connectivity index (χ3v) is 13.2. The van der Waals surface area contributed by atoms with Gasteiger partial charge < -0.3 is 9.40 Å². The van der Waals surface area contributed by atoms with E-state index < -0.39 is 13.3 Å². The zero-order valence-electron chi connectivity index (χ0n) is 29.7. The van der Waals surface area contributed by atoms with Gasteiger partial charge in [0.1, 0.15) is 5.58 Å². The molecule has 3 aromatic heterocycles. The van der Waals surface area contributed by atoms with E-state index in [2.05, 4.69) is 124 Å². The number of nitrogens with zero attached hydrogens (tertiary/aromatic N) is 2. The Bertz CT molecular complexity index is 2180. The molecular formula is C44H44GeIrN2O-2. The van der Waals surface area contributed by atoms with E-state index in [1.807, 2.05) is 42.5 Å². The van der Waals surface area contributed by atoms with E-state index in [1.165, 1.54) is 27.8 Å². The Hall–Kier alpha value is -3.83. The third-order valence-electron chi connectivity index (χ3n) is 8.85. The Labute approximate surface area is 307 Å². The molecule has 0 aliphatic carbocycles. The second-order valence-electron chi connectivity index (χ2n) is 14.2. The summed E-state index contributed by atoms with van der Waals surface area (Å²) < 4.78 is 7.93. The smallest absolute Gasteiger partial charge is 0.121 e. The molecule has 7 aromatic rings. The number of aryl methyl sites for hydroxylation is 3. The maximum atomic E-state index is 6.39. The van der Waals surface area contributed by atoms with E-state index in [0.29, 0.717) is 5.92 Å². The molecule has 0 aliphatic rings. The molecule has 0 saturated carbocycles. The Morgan fingerprint density at radius 1 is 0.776 bits per heavy atom. The molecule has 251 valence electrons. The molecule has 0 atom stereocenters. The summed E-state index contributed by atoms with van der Waals surface area (Å²) in [5.41, 5.74) is 13.3. The van der Waals surface area contributed by atoms with Crippen LogP contribution in [0.3, 0.4) is 0 Å². The van der Waals surface area contributed by atoms with Gasteiger partial charge in [-0.3, -0.25) is 0 Å². The van der Waals surface area contributed by atoms with Crippen molar-refractivity contribution in [1.82, 2.24) is 9.97 Å². The van der Waals surface area contributed by atoms with Crippen LogP contribution in [-0.2, 0) is 26.5 Å². The van der Waals surface area contributed by atoms with E-state index in [4.69, 9.17) is 9.40 Å². The number of hydrogen-bond acceptors (Lipinski definition) is 3. The monoisotopic (exact) mass is 883 g/mol. The van der Waals surface area contributed by atoms with Crippen LogP contribution in [-0.4, -0.2) is 23.2 Å². The van der Waals surface area contributed by atoms with E-state index >= 15 is 0 Å². The van der Waals surface area contributed by atoms with Crippen molar-refractivity contribution in [2.45, 2.75) is 58.3 Å². The Morgan fingerprint density at radius 2 is 1.53 bits per heavy atom. The summed E-state index contributed by atoms with van der Waals surface area (Å²) in [5.74, 6) is 7.99. The van der Waals surface area contributed by atoms with E-state index in [-0.39, 0.29) is 20.1 Å². The van der Waals surface area contributed by atoms with Crippen molar-refractivity contribution in [3.63, 3.8) is 0 Å². The molecule has 0 saturated heterocycles. The van der Waals surface area contributed by atoms with Gasteiger partial charge >= 0.3 is 126 Å². The first kappa shape index (κ1) is 36.5. The van der Waals surface area contributed by atoms with Crippen LogP contribution in [0.25, 0.3) is 55.6 Å². The summed E-state index contributed by atoms with van der Waals surface area (Å²) in [5, 5.41) is 2.27. The molecule has 1 radical (unpaired) electrons. The summed E-state index contributed by atoms with van der Waals surface area (Å²) in [6.45, 7) is 11.0. The molecule has 0 N–H and O–H groups in total. The van der Waals surface area contributed by atoms with Crippen LogP contribution in [0.5, 0.6) is 0 Å². The summed E-state index contributed by atoms with van der Waals surface area (Å²) in [4.78, 5) is 9.20. The minimum Gasteiger partial charge on any atom is -0.501 e. The molecule has 3 nitrogen and oxygen atoms in total. The number of hydrogen-bond donors (Lipinski definition) is 0. The van der Waals surface area contributed by atoms with Crippen molar-refractivity contribution in [3.05, 3.63) is 138 Å². The van der Waals surface area contributed by atoms with Crippen molar-refractivity contribution in [2.75, 3.05) is 0 Å². The molecule has 49 heavy (non-hydrogen) atoms. The number of pyridine rings is 2. The van der Waals surface area contributed by atoms with Crippen LogP contribution >= 0.6 is 0 Å². The molecular weight excluding hydrogens is 837 g/mol. The Balaban J connectivity index is 0.000000199. The SMILES string of the molecule is CC(C)Cc1cc(-c2[c-]cccc2)nc[c]1[Ge]([CH3])([CH3])[CH3].Cc1cccc(C)c1-c1ccc2c(c1)oc1c(-c3ccccn3)[c-]cc(C)c12.[Ir]. The Morgan fingerprint density at radius 3 is 2.18 bits per heavy atom. The maximum Gasteiger partial charge on any atom is 0.121 e. The van der Waals surface area contributed by atoms with Crippen LogP contribution < -0.4 is 4.40 Å². The quantitative estimate of drug-likeness (QED) is 0.123. The molecule has 5 heteroatoms. The molecule has 4 aromatic carbocycles. The van der Waals surface area contributed by atoms with Crippen LogP contribution in [0.1, 0.15) is 36.1 Å². The van der Waals surface area contributed by atoms with Crippen LogP contribution in [0, 0.1) is 38.8 Å². The largest absolute Gasteiger partial charge is 0.501 e. The molecule has 0 bridgehead atoms. The molecule has 0 aliphatic heterocycles. The molecule has 7 rings (SSSR count). The fourth-order valence-corrected chi connectivity index (χ4v) is 9.92. The molecule has 0 spiro atoms. The van der Waals surface area contributed by atoms with Gasteiger partial charge in [-0.25, -0.2) is 0 Å². The van der Waals surface area contributed by atoms with Crippen molar-refractivity contribution in [3.8, 4) is 33.6 Å². The molecule has 0 fully saturated rings. The zero-order valence-corrected chi connectivity index (χ0v) is 34.2. The van der Waals surface area contributed by atoms with Gasteiger partial charge in [-0.2, -0.15) is 0 Å². The standard InChI is InChI=1S/C26H20NO.C18H24GeN.Ir/c1-16-7-6-8-17(2)24(16)19-11-13-21-23(15-19)28-26-20(12-10-18(3)25(21)26)22-9-4-5-14-27-22;1-14(2)11-16-12-18(15-9-7-6-8-10-15)20-13-17(16)19(3,4)5;/h4-11,13-15H,1-3H3;6-9,12-14H,11H2,1-5H3;/q2*-1;. The Kier molecular flexibility index (Phi) is 11.4. The summed E-state index contributed by atoms with van der Waals surface area (Å²) in [6.07, 6.45) is 5.07. The number of furan rings is 1. The second-order valence-corrected chi connectivity index (χ2v) is 24.8. The average Bonchev–Trinajstić information content (AvgIpc) is 3.45. The van der Waals surface area contributed by atoms with Gasteiger partial charge in [0.15, 0.2) is 0 Å². The first-order chi connectivity index (χ1) is 23.0. The molecule has 0 amide bonds. The third kappa shape index (κ3) is 7.99. The summed E-state index contributed by atoms with van der Waals surface area (Å²) >= 11 is -1.86. The van der Waals surface area contributed by atoms with Crippen LogP contribution in [0.2, 0.25) is 17.3 Å². The molecule has 3 heterocycles. The zero-order chi connectivity index (χ0) is 34.0.